The summed E-state index contributed by atoms with van der Waals surface area (Å²) < 4.78 is 0.853. The second-order valence-electron chi connectivity index (χ2n) is 6.42. The van der Waals surface area contributed by atoms with Crippen LogP contribution in [0.2, 0.25) is 0 Å². The summed E-state index contributed by atoms with van der Waals surface area (Å²) in [5.74, 6) is -1.25. The first-order chi connectivity index (χ1) is 14.5. The van der Waals surface area contributed by atoms with E-state index in [1.54, 1.807) is 72.8 Å². The van der Waals surface area contributed by atoms with Crippen molar-refractivity contribution in [3.05, 3.63) is 94.0 Å². The summed E-state index contributed by atoms with van der Waals surface area (Å²) in [7, 11) is 0. The highest BCUT2D eigenvalue weighted by Gasteiger charge is 2.38. The maximum absolute atomic E-state index is 13.0. The molecule has 30 heavy (non-hydrogen) atoms. The van der Waals surface area contributed by atoms with Gasteiger partial charge in [0.05, 0.1) is 22.5 Å². The summed E-state index contributed by atoms with van der Waals surface area (Å²) in [6, 6.07) is 20.4. The van der Waals surface area contributed by atoms with Crippen molar-refractivity contribution in [3.8, 4) is 0 Å². The third kappa shape index (κ3) is 3.74. The minimum atomic E-state index is -0.452. The molecule has 0 saturated carbocycles. The third-order valence-electron chi connectivity index (χ3n) is 4.51. The van der Waals surface area contributed by atoms with E-state index in [-0.39, 0.29) is 22.1 Å². The Hall–Kier alpha value is -3.36. The summed E-state index contributed by atoms with van der Waals surface area (Å²) in [5.41, 5.74) is 1.76. The molecule has 0 spiro atoms. The van der Waals surface area contributed by atoms with Gasteiger partial charge in [0.25, 0.3) is 17.7 Å². The number of hydrogen-bond acceptors (Lipinski definition) is 4. The molecule has 0 aromatic heterocycles. The zero-order valence-corrected chi connectivity index (χ0v) is 17.8. The molecule has 6 nitrogen and oxygen atoms in total. The molecule has 0 aliphatic carbocycles. The maximum atomic E-state index is 13.0. The molecule has 3 aromatic carbocycles. The Morgan fingerprint density at radius 1 is 0.867 bits per heavy atom. The van der Waals surface area contributed by atoms with Crippen LogP contribution in [0.3, 0.4) is 0 Å². The monoisotopic (exact) mass is 479 g/mol. The van der Waals surface area contributed by atoms with Gasteiger partial charge in [0.2, 0.25) is 0 Å². The molecule has 3 amide bonds. The van der Waals surface area contributed by atoms with Gasteiger partial charge in [0.1, 0.15) is 0 Å². The number of hydrogen-bond donors (Lipinski definition) is 2. The van der Waals surface area contributed by atoms with Crippen molar-refractivity contribution in [1.82, 2.24) is 5.32 Å². The van der Waals surface area contributed by atoms with Crippen LogP contribution in [0.15, 0.2) is 77.3 Å². The molecule has 0 saturated heterocycles. The smallest absolute Gasteiger partial charge is 0.268 e. The Labute approximate surface area is 186 Å². The molecule has 0 radical (unpaired) electrons. The lowest BCUT2D eigenvalue weighted by molar-refractivity contribution is 0.0924. The highest BCUT2D eigenvalue weighted by molar-refractivity contribution is 9.10. The minimum absolute atomic E-state index is 0.0229. The van der Waals surface area contributed by atoms with Gasteiger partial charge in [0.15, 0.2) is 5.11 Å². The van der Waals surface area contributed by atoms with E-state index in [1.165, 1.54) is 0 Å². The minimum Gasteiger partial charge on any atom is -0.332 e. The summed E-state index contributed by atoms with van der Waals surface area (Å²) in [5, 5.41) is 5.47. The lowest BCUT2D eigenvalue weighted by atomic mass is 10.1. The summed E-state index contributed by atoms with van der Waals surface area (Å²) in [6.07, 6.45) is 0. The molecule has 0 bridgehead atoms. The largest absolute Gasteiger partial charge is 0.332 e. The first-order valence-corrected chi connectivity index (χ1v) is 10.1. The lowest BCUT2D eigenvalue weighted by Gasteiger charge is -2.14. The van der Waals surface area contributed by atoms with Crippen LogP contribution >= 0.6 is 28.1 Å². The molecule has 3 aromatic rings. The molecule has 1 aliphatic heterocycles. The predicted octanol–water partition coefficient (Wildman–Crippen LogP) is 4.38. The van der Waals surface area contributed by atoms with E-state index in [9.17, 15) is 14.4 Å². The van der Waals surface area contributed by atoms with E-state index in [0.717, 1.165) is 9.37 Å². The number of rotatable bonds is 3. The zero-order chi connectivity index (χ0) is 21.3. The lowest BCUT2D eigenvalue weighted by Crippen LogP contribution is -2.34. The van der Waals surface area contributed by atoms with Crippen molar-refractivity contribution in [1.29, 1.82) is 0 Å². The molecule has 1 heterocycles. The molecular weight excluding hydrogens is 466 g/mol. The van der Waals surface area contributed by atoms with E-state index in [1.807, 2.05) is 0 Å². The number of para-hydroxylation sites is 1. The van der Waals surface area contributed by atoms with E-state index < -0.39 is 11.8 Å². The first-order valence-electron chi connectivity index (χ1n) is 8.90. The molecule has 4 rings (SSSR count). The highest BCUT2D eigenvalue weighted by atomic mass is 79.9. The number of benzene rings is 3. The Kier molecular flexibility index (Phi) is 5.43. The van der Waals surface area contributed by atoms with E-state index in [0.29, 0.717) is 16.9 Å². The van der Waals surface area contributed by atoms with Crippen molar-refractivity contribution in [2.45, 2.75) is 0 Å². The molecule has 0 unspecified atom stereocenters. The SMILES string of the molecule is O=C(NC(=S)Nc1cccc2c1C(=O)N(c1ccccc1)C2=O)c1ccc(Br)cc1. The van der Waals surface area contributed by atoms with Crippen molar-refractivity contribution < 1.29 is 14.4 Å². The van der Waals surface area contributed by atoms with Crippen LogP contribution in [0.25, 0.3) is 0 Å². The van der Waals surface area contributed by atoms with Crippen LogP contribution in [0.1, 0.15) is 31.1 Å². The summed E-state index contributed by atoms with van der Waals surface area (Å²) in [4.78, 5) is 39.3. The quantitative estimate of drug-likeness (QED) is 0.430. The maximum Gasteiger partial charge on any atom is 0.268 e. The Balaban J connectivity index is 1.56. The van der Waals surface area contributed by atoms with Crippen LogP contribution in [-0.4, -0.2) is 22.8 Å². The van der Waals surface area contributed by atoms with Crippen LogP contribution in [0.5, 0.6) is 0 Å². The molecule has 148 valence electrons. The zero-order valence-electron chi connectivity index (χ0n) is 15.4. The van der Waals surface area contributed by atoms with Gasteiger partial charge in [-0.05, 0) is 60.7 Å². The number of anilines is 2. The second-order valence-corrected chi connectivity index (χ2v) is 7.75. The second kappa shape index (κ2) is 8.17. The van der Waals surface area contributed by atoms with Gasteiger partial charge >= 0.3 is 0 Å². The molecular formula is C22H14BrN3O3S. The number of carbonyl (C=O) groups excluding carboxylic acids is 3. The molecule has 0 fully saturated rings. The Bertz CT molecular complexity index is 1180. The number of imide groups is 1. The number of carbonyl (C=O) groups is 3. The number of nitrogens with zero attached hydrogens (tertiary/aromatic N) is 1. The number of amides is 3. The van der Waals surface area contributed by atoms with Crippen LogP contribution in [-0.2, 0) is 0 Å². The number of halogens is 1. The number of fused-ring (bicyclic) bond motifs is 1. The topological polar surface area (TPSA) is 78.5 Å². The van der Waals surface area contributed by atoms with Gasteiger partial charge in [-0.2, -0.15) is 0 Å². The van der Waals surface area contributed by atoms with Crippen molar-refractivity contribution in [2.75, 3.05) is 10.2 Å². The third-order valence-corrected chi connectivity index (χ3v) is 5.24. The van der Waals surface area contributed by atoms with E-state index in [4.69, 9.17) is 12.2 Å². The molecule has 1 aliphatic rings. The number of nitrogens with one attached hydrogen (secondary N) is 2. The predicted molar refractivity (Wildman–Crippen MR) is 122 cm³/mol. The highest BCUT2D eigenvalue weighted by Crippen LogP contribution is 2.32. The van der Waals surface area contributed by atoms with Crippen molar-refractivity contribution >= 4 is 62.4 Å². The summed E-state index contributed by atoms with van der Waals surface area (Å²) in [6.45, 7) is 0. The fourth-order valence-electron chi connectivity index (χ4n) is 3.13. The summed E-state index contributed by atoms with van der Waals surface area (Å²) >= 11 is 8.56. The van der Waals surface area contributed by atoms with Gasteiger partial charge in [-0.3, -0.25) is 19.7 Å². The van der Waals surface area contributed by atoms with Crippen molar-refractivity contribution in [3.63, 3.8) is 0 Å². The van der Waals surface area contributed by atoms with Crippen LogP contribution in [0.4, 0.5) is 11.4 Å². The van der Waals surface area contributed by atoms with Crippen LogP contribution in [0, 0.1) is 0 Å². The van der Waals surface area contributed by atoms with Crippen molar-refractivity contribution in [2.24, 2.45) is 0 Å². The Morgan fingerprint density at radius 3 is 2.27 bits per heavy atom. The number of thiocarbonyl (C=S) groups is 1. The molecule has 0 atom stereocenters. The fraction of sp³-hybridized carbons (Fsp3) is 0. The molecule has 2 N–H and O–H groups in total. The van der Waals surface area contributed by atoms with E-state index >= 15 is 0 Å². The molecule has 8 heteroatoms. The normalized spacial score (nSPS) is 12.5. The van der Waals surface area contributed by atoms with Gasteiger partial charge in [-0.1, -0.05) is 40.2 Å². The van der Waals surface area contributed by atoms with Gasteiger partial charge in [0, 0.05) is 10.0 Å². The average molecular weight is 480 g/mol. The first kappa shape index (κ1) is 19.9. The van der Waals surface area contributed by atoms with E-state index in [2.05, 4.69) is 26.6 Å². The van der Waals surface area contributed by atoms with Gasteiger partial charge < -0.3 is 5.32 Å². The standard InChI is InChI=1S/C22H14BrN3O3S/c23-14-11-9-13(10-12-14)19(27)25-22(30)24-17-8-4-7-16-18(17)21(29)26(20(16)28)15-5-2-1-3-6-15/h1-12H,(H2,24,25,27,30). The Morgan fingerprint density at radius 2 is 1.57 bits per heavy atom. The van der Waals surface area contributed by atoms with Gasteiger partial charge in [-0.15, -0.1) is 0 Å². The fourth-order valence-corrected chi connectivity index (χ4v) is 3.60. The van der Waals surface area contributed by atoms with Gasteiger partial charge in [-0.25, -0.2) is 4.90 Å². The van der Waals surface area contributed by atoms with Crippen LogP contribution < -0.4 is 15.5 Å². The average Bonchev–Trinajstić information content (AvgIpc) is 3.00.